The summed E-state index contributed by atoms with van der Waals surface area (Å²) in [7, 11) is 3.74. The summed E-state index contributed by atoms with van der Waals surface area (Å²) in [6, 6.07) is 5.38. The van der Waals surface area contributed by atoms with Crippen molar-refractivity contribution in [1.82, 2.24) is 10.2 Å². The van der Waals surface area contributed by atoms with E-state index in [-0.39, 0.29) is 30.7 Å². The Morgan fingerprint density at radius 2 is 2.00 bits per heavy atom. The van der Waals surface area contributed by atoms with Gasteiger partial charge in [0.1, 0.15) is 0 Å². The number of amides is 1. The standard InChI is InChI=1S/C15H25N3O2.2ClH/c1-12-5-6-13(16)11-14(12)15(19)17-7-4-8-18(2)9-10-20-3;;/h5-6,11H,4,7-10,16H2,1-3H3,(H,17,19);2*1H. The van der Waals surface area contributed by atoms with E-state index >= 15 is 0 Å². The number of ether oxygens (including phenoxy) is 1. The summed E-state index contributed by atoms with van der Waals surface area (Å²) in [5.41, 5.74) is 7.91. The van der Waals surface area contributed by atoms with E-state index < -0.39 is 0 Å². The first-order chi connectivity index (χ1) is 9.54. The summed E-state index contributed by atoms with van der Waals surface area (Å²) in [5.74, 6) is -0.0608. The number of carbonyl (C=O) groups excluding carboxylic acids is 1. The number of rotatable bonds is 8. The third-order valence-corrected chi connectivity index (χ3v) is 3.19. The first-order valence-electron chi connectivity index (χ1n) is 6.86. The van der Waals surface area contributed by atoms with Gasteiger partial charge in [0.2, 0.25) is 0 Å². The van der Waals surface area contributed by atoms with Gasteiger partial charge in [-0.25, -0.2) is 0 Å². The Bertz CT molecular complexity index is 445. The van der Waals surface area contributed by atoms with Crippen LogP contribution in [0.3, 0.4) is 0 Å². The van der Waals surface area contributed by atoms with Crippen LogP contribution in [0.5, 0.6) is 0 Å². The number of nitrogens with two attached hydrogens (primary N) is 1. The van der Waals surface area contributed by atoms with Crippen LogP contribution < -0.4 is 11.1 Å². The van der Waals surface area contributed by atoms with Crippen LogP contribution in [0.4, 0.5) is 5.69 Å². The summed E-state index contributed by atoms with van der Waals surface area (Å²) < 4.78 is 5.02. The Hall–Kier alpha value is -1.01. The van der Waals surface area contributed by atoms with E-state index in [1.54, 1.807) is 19.2 Å². The van der Waals surface area contributed by atoms with Crippen molar-refractivity contribution in [3.63, 3.8) is 0 Å². The molecule has 0 aliphatic heterocycles. The van der Waals surface area contributed by atoms with Gasteiger partial charge in [-0.15, -0.1) is 24.8 Å². The molecule has 0 radical (unpaired) electrons. The maximum Gasteiger partial charge on any atom is 0.251 e. The Kier molecular flexibility index (Phi) is 13.2. The van der Waals surface area contributed by atoms with Gasteiger partial charge in [-0.1, -0.05) is 6.07 Å². The van der Waals surface area contributed by atoms with Crippen molar-refractivity contribution >= 4 is 36.4 Å². The molecule has 3 N–H and O–H groups in total. The van der Waals surface area contributed by atoms with Crippen molar-refractivity contribution in [3.05, 3.63) is 29.3 Å². The number of benzene rings is 1. The first kappa shape index (κ1) is 23.3. The average molecular weight is 352 g/mol. The lowest BCUT2D eigenvalue weighted by molar-refractivity contribution is 0.0950. The summed E-state index contributed by atoms with van der Waals surface area (Å²) in [6.45, 7) is 5.13. The van der Waals surface area contributed by atoms with E-state index in [1.807, 2.05) is 20.0 Å². The topological polar surface area (TPSA) is 67.6 Å². The van der Waals surface area contributed by atoms with Gasteiger partial charge in [0, 0.05) is 31.5 Å². The number of hydrogen-bond donors (Lipinski definition) is 2. The van der Waals surface area contributed by atoms with Gasteiger partial charge in [0.25, 0.3) is 5.91 Å². The SMILES string of the molecule is COCCN(C)CCCNC(=O)c1cc(N)ccc1C.Cl.Cl. The lowest BCUT2D eigenvalue weighted by Gasteiger charge is -2.16. The summed E-state index contributed by atoms with van der Waals surface area (Å²) in [4.78, 5) is 14.2. The molecule has 0 heterocycles. The van der Waals surface area contributed by atoms with E-state index in [1.165, 1.54) is 0 Å². The number of aryl methyl sites for hydroxylation is 1. The molecule has 0 unspecified atom stereocenters. The Morgan fingerprint density at radius 1 is 1.32 bits per heavy atom. The van der Waals surface area contributed by atoms with Crippen LogP contribution in [0.2, 0.25) is 0 Å². The molecule has 0 aliphatic carbocycles. The largest absolute Gasteiger partial charge is 0.399 e. The van der Waals surface area contributed by atoms with E-state index in [2.05, 4.69) is 10.2 Å². The highest BCUT2D eigenvalue weighted by molar-refractivity contribution is 5.96. The van der Waals surface area contributed by atoms with Crippen LogP contribution in [0, 0.1) is 6.92 Å². The molecule has 0 bridgehead atoms. The van der Waals surface area contributed by atoms with E-state index in [0.29, 0.717) is 17.8 Å². The van der Waals surface area contributed by atoms with Crippen molar-refractivity contribution in [1.29, 1.82) is 0 Å². The van der Waals surface area contributed by atoms with Gasteiger partial charge in [-0.05, 0) is 44.6 Å². The molecule has 1 amide bonds. The normalized spacial score (nSPS) is 9.82. The Labute approximate surface area is 145 Å². The molecule has 1 rings (SSSR count). The molecule has 128 valence electrons. The molecule has 0 fully saturated rings. The molecule has 7 heteroatoms. The van der Waals surface area contributed by atoms with Crippen LogP contribution in [-0.2, 0) is 4.74 Å². The lowest BCUT2D eigenvalue weighted by Crippen LogP contribution is -2.30. The predicted molar refractivity (Wildman–Crippen MR) is 96.4 cm³/mol. The van der Waals surface area contributed by atoms with Gasteiger partial charge >= 0.3 is 0 Å². The number of nitrogens with one attached hydrogen (secondary N) is 1. The Balaban J connectivity index is 0. The molecule has 0 aromatic heterocycles. The zero-order valence-electron chi connectivity index (χ0n) is 13.4. The summed E-state index contributed by atoms with van der Waals surface area (Å²) in [5, 5.41) is 2.93. The average Bonchev–Trinajstić information content (AvgIpc) is 2.43. The number of hydrogen-bond acceptors (Lipinski definition) is 4. The van der Waals surface area contributed by atoms with Crippen molar-refractivity contribution in [2.45, 2.75) is 13.3 Å². The molecule has 0 atom stereocenters. The van der Waals surface area contributed by atoms with Crippen molar-refractivity contribution in [2.75, 3.05) is 46.1 Å². The number of nitrogen functional groups attached to an aromatic ring is 1. The quantitative estimate of drug-likeness (QED) is 0.556. The van der Waals surface area contributed by atoms with Gasteiger partial charge in [-0.2, -0.15) is 0 Å². The van der Waals surface area contributed by atoms with Crippen LogP contribution in [0.1, 0.15) is 22.3 Å². The van der Waals surface area contributed by atoms with Crippen molar-refractivity contribution < 1.29 is 9.53 Å². The van der Waals surface area contributed by atoms with Gasteiger partial charge in [0.05, 0.1) is 6.61 Å². The Morgan fingerprint density at radius 3 is 2.64 bits per heavy atom. The molecular formula is C15H27Cl2N3O2. The lowest BCUT2D eigenvalue weighted by atomic mass is 10.1. The molecular weight excluding hydrogens is 325 g/mol. The monoisotopic (exact) mass is 351 g/mol. The zero-order chi connectivity index (χ0) is 15.0. The fraction of sp³-hybridized carbons (Fsp3) is 0.533. The van der Waals surface area contributed by atoms with Crippen molar-refractivity contribution in [3.8, 4) is 0 Å². The fourth-order valence-corrected chi connectivity index (χ4v) is 1.89. The summed E-state index contributed by atoms with van der Waals surface area (Å²) >= 11 is 0. The molecule has 1 aromatic carbocycles. The van der Waals surface area contributed by atoms with Crippen molar-refractivity contribution in [2.24, 2.45) is 0 Å². The number of nitrogens with zero attached hydrogens (tertiary/aromatic N) is 1. The third-order valence-electron chi connectivity index (χ3n) is 3.19. The van der Waals surface area contributed by atoms with Crippen LogP contribution in [0.15, 0.2) is 18.2 Å². The second kappa shape index (κ2) is 12.5. The minimum absolute atomic E-state index is 0. The molecule has 5 nitrogen and oxygen atoms in total. The smallest absolute Gasteiger partial charge is 0.251 e. The molecule has 0 saturated carbocycles. The van der Waals surface area contributed by atoms with Crippen LogP contribution >= 0.6 is 24.8 Å². The highest BCUT2D eigenvalue weighted by Gasteiger charge is 2.08. The number of carbonyl (C=O) groups is 1. The van der Waals surface area contributed by atoms with Crippen LogP contribution in [-0.4, -0.2) is 51.2 Å². The molecule has 1 aromatic rings. The molecule has 0 aliphatic rings. The molecule has 0 saturated heterocycles. The predicted octanol–water partition coefficient (Wildman–Crippen LogP) is 2.12. The van der Waals surface area contributed by atoms with Gasteiger partial charge in [0.15, 0.2) is 0 Å². The van der Waals surface area contributed by atoms with E-state index in [0.717, 1.165) is 31.7 Å². The maximum atomic E-state index is 12.0. The third kappa shape index (κ3) is 8.44. The maximum absolute atomic E-state index is 12.0. The fourth-order valence-electron chi connectivity index (χ4n) is 1.89. The number of likely N-dealkylation sites (N-methyl/N-ethyl adjacent to an activating group) is 1. The highest BCUT2D eigenvalue weighted by atomic mass is 35.5. The van der Waals surface area contributed by atoms with E-state index in [4.69, 9.17) is 10.5 Å². The van der Waals surface area contributed by atoms with E-state index in [9.17, 15) is 4.79 Å². The summed E-state index contributed by atoms with van der Waals surface area (Å²) in [6.07, 6.45) is 0.910. The van der Waals surface area contributed by atoms with Crippen LogP contribution in [0.25, 0.3) is 0 Å². The van der Waals surface area contributed by atoms with Gasteiger partial charge < -0.3 is 20.7 Å². The highest BCUT2D eigenvalue weighted by Crippen LogP contribution is 2.12. The van der Waals surface area contributed by atoms with Gasteiger partial charge in [-0.3, -0.25) is 4.79 Å². The molecule has 22 heavy (non-hydrogen) atoms. The zero-order valence-corrected chi connectivity index (χ0v) is 15.1. The first-order valence-corrected chi connectivity index (χ1v) is 6.86. The second-order valence-electron chi connectivity index (χ2n) is 4.98. The number of methoxy groups -OCH3 is 1. The minimum Gasteiger partial charge on any atom is -0.399 e. The number of anilines is 1. The number of halogens is 2. The second-order valence-corrected chi connectivity index (χ2v) is 4.98. The minimum atomic E-state index is -0.0608. The molecule has 0 spiro atoms.